The lowest BCUT2D eigenvalue weighted by Crippen LogP contribution is -2.26. The molecule has 0 radical (unpaired) electrons. The highest BCUT2D eigenvalue weighted by Gasteiger charge is 2.20. The third-order valence-electron chi connectivity index (χ3n) is 4.33. The number of carbonyl (C=O) groups is 1. The van der Waals surface area contributed by atoms with Crippen LogP contribution in [0.1, 0.15) is 32.7 Å². The van der Waals surface area contributed by atoms with E-state index in [-0.39, 0.29) is 5.91 Å². The number of rotatable bonds is 6. The Morgan fingerprint density at radius 3 is 2.52 bits per heavy atom. The third kappa shape index (κ3) is 4.90. The molecule has 6 heteroatoms. The summed E-state index contributed by atoms with van der Waals surface area (Å²) in [5.74, 6) is -0.213. The van der Waals surface area contributed by atoms with Crippen molar-refractivity contribution in [2.45, 2.75) is 26.8 Å². The zero-order chi connectivity index (χ0) is 19.4. The normalized spacial score (nSPS) is 10.8. The lowest BCUT2D eigenvalue weighted by molar-refractivity contribution is 0.0953. The van der Waals surface area contributed by atoms with Crippen LogP contribution in [0, 0.1) is 13.8 Å². The van der Waals surface area contributed by atoms with Crippen molar-refractivity contribution in [2.24, 2.45) is 0 Å². The van der Waals surface area contributed by atoms with Crippen LogP contribution in [0.3, 0.4) is 0 Å². The van der Waals surface area contributed by atoms with E-state index in [0.29, 0.717) is 40.9 Å². The van der Waals surface area contributed by atoms with Gasteiger partial charge >= 0.3 is 0 Å². The van der Waals surface area contributed by atoms with E-state index in [4.69, 9.17) is 23.2 Å². The van der Waals surface area contributed by atoms with Gasteiger partial charge in [-0.2, -0.15) is 5.10 Å². The average Bonchev–Trinajstić information content (AvgIpc) is 2.90. The molecule has 1 N–H and O–H groups in total. The summed E-state index contributed by atoms with van der Waals surface area (Å²) in [6, 6.07) is 15.8. The lowest BCUT2D eigenvalue weighted by atomic mass is 10.1. The van der Waals surface area contributed by atoms with Crippen molar-refractivity contribution in [1.82, 2.24) is 15.1 Å². The van der Waals surface area contributed by atoms with Crippen LogP contribution in [0.5, 0.6) is 0 Å². The van der Waals surface area contributed by atoms with Crippen LogP contribution in [-0.2, 0) is 13.0 Å². The Morgan fingerprint density at radius 2 is 1.81 bits per heavy atom. The maximum atomic E-state index is 12.6. The van der Waals surface area contributed by atoms with E-state index in [0.717, 1.165) is 11.1 Å². The van der Waals surface area contributed by atoms with Crippen molar-refractivity contribution < 1.29 is 4.79 Å². The van der Waals surface area contributed by atoms with Gasteiger partial charge in [0.2, 0.25) is 0 Å². The molecule has 140 valence electrons. The number of carbonyl (C=O) groups excluding carboxylic acids is 1. The van der Waals surface area contributed by atoms with Gasteiger partial charge in [0.25, 0.3) is 5.91 Å². The SMILES string of the molecule is Cc1ccc(Cn2nc(C)c(C(=O)NCCc3cccc(Cl)c3)c2Cl)cc1. The van der Waals surface area contributed by atoms with Crippen LogP contribution >= 0.6 is 23.2 Å². The number of hydrogen-bond donors (Lipinski definition) is 1. The van der Waals surface area contributed by atoms with Crippen molar-refractivity contribution in [3.63, 3.8) is 0 Å². The van der Waals surface area contributed by atoms with Crippen molar-refractivity contribution in [2.75, 3.05) is 6.54 Å². The minimum atomic E-state index is -0.213. The van der Waals surface area contributed by atoms with E-state index in [1.807, 2.05) is 55.5 Å². The molecule has 1 amide bonds. The number of hydrogen-bond acceptors (Lipinski definition) is 2. The molecule has 0 saturated carbocycles. The lowest BCUT2D eigenvalue weighted by Gasteiger charge is -2.07. The molecule has 0 aliphatic rings. The molecule has 0 unspecified atom stereocenters. The van der Waals surface area contributed by atoms with E-state index in [2.05, 4.69) is 10.4 Å². The number of benzene rings is 2. The molecule has 0 spiro atoms. The van der Waals surface area contributed by atoms with Crippen molar-refractivity contribution in [3.8, 4) is 0 Å². The summed E-state index contributed by atoms with van der Waals surface area (Å²) in [6.07, 6.45) is 0.695. The summed E-state index contributed by atoms with van der Waals surface area (Å²) in [5, 5.41) is 8.39. The molecule has 2 aromatic carbocycles. The van der Waals surface area contributed by atoms with Gasteiger partial charge in [-0.25, -0.2) is 4.68 Å². The number of amides is 1. The molecule has 0 atom stereocenters. The molecule has 3 rings (SSSR count). The fourth-order valence-corrected chi connectivity index (χ4v) is 3.42. The molecule has 0 aliphatic carbocycles. The van der Waals surface area contributed by atoms with E-state index in [1.165, 1.54) is 5.56 Å². The third-order valence-corrected chi connectivity index (χ3v) is 4.95. The van der Waals surface area contributed by atoms with E-state index in [1.54, 1.807) is 11.6 Å². The molecular weight excluding hydrogens is 381 g/mol. The highest BCUT2D eigenvalue weighted by Crippen LogP contribution is 2.21. The number of aryl methyl sites for hydroxylation is 2. The predicted molar refractivity (Wildman–Crippen MR) is 110 cm³/mol. The zero-order valence-electron chi connectivity index (χ0n) is 15.3. The number of halogens is 2. The first-order valence-electron chi connectivity index (χ1n) is 8.75. The Balaban J connectivity index is 1.66. The van der Waals surface area contributed by atoms with E-state index >= 15 is 0 Å². The number of nitrogens with one attached hydrogen (secondary N) is 1. The maximum Gasteiger partial charge on any atom is 0.256 e. The second-order valence-electron chi connectivity index (χ2n) is 6.53. The highest BCUT2D eigenvalue weighted by molar-refractivity contribution is 6.33. The Bertz CT molecular complexity index is 949. The summed E-state index contributed by atoms with van der Waals surface area (Å²) >= 11 is 12.4. The Kier molecular flexibility index (Phi) is 6.19. The van der Waals surface area contributed by atoms with Gasteiger partial charge in [0, 0.05) is 11.6 Å². The first kappa shape index (κ1) is 19.5. The predicted octanol–water partition coefficient (Wildman–Crippen LogP) is 4.83. The maximum absolute atomic E-state index is 12.6. The second kappa shape index (κ2) is 8.59. The summed E-state index contributed by atoms with van der Waals surface area (Å²) < 4.78 is 1.66. The molecule has 27 heavy (non-hydrogen) atoms. The van der Waals surface area contributed by atoms with Gasteiger partial charge in [-0.1, -0.05) is 65.2 Å². The van der Waals surface area contributed by atoms with Gasteiger partial charge in [-0.15, -0.1) is 0 Å². The van der Waals surface area contributed by atoms with Crippen molar-refractivity contribution >= 4 is 29.1 Å². The smallest absolute Gasteiger partial charge is 0.256 e. The quantitative estimate of drug-likeness (QED) is 0.642. The molecule has 0 aliphatic heterocycles. The minimum Gasteiger partial charge on any atom is -0.352 e. The topological polar surface area (TPSA) is 46.9 Å². The van der Waals surface area contributed by atoms with Crippen LogP contribution in [0.2, 0.25) is 10.2 Å². The van der Waals surface area contributed by atoms with Crippen LogP contribution in [-0.4, -0.2) is 22.2 Å². The Hall–Kier alpha value is -2.30. The van der Waals surface area contributed by atoms with Gasteiger partial charge in [0.15, 0.2) is 0 Å². The summed E-state index contributed by atoms with van der Waals surface area (Å²) in [5.41, 5.74) is 4.39. The fourth-order valence-electron chi connectivity index (χ4n) is 2.88. The molecule has 1 heterocycles. The van der Waals surface area contributed by atoms with Crippen LogP contribution < -0.4 is 5.32 Å². The molecule has 0 bridgehead atoms. The first-order chi connectivity index (χ1) is 12.9. The molecule has 0 fully saturated rings. The second-order valence-corrected chi connectivity index (χ2v) is 7.32. The summed E-state index contributed by atoms with van der Waals surface area (Å²) in [4.78, 5) is 12.6. The molecular formula is C21H21Cl2N3O. The van der Waals surface area contributed by atoms with Crippen molar-refractivity contribution in [3.05, 3.63) is 86.7 Å². The van der Waals surface area contributed by atoms with Gasteiger partial charge in [0.1, 0.15) is 5.15 Å². The standard InChI is InChI=1S/C21H21Cl2N3O/c1-14-6-8-17(9-7-14)13-26-20(23)19(15(2)25-26)21(27)24-11-10-16-4-3-5-18(22)12-16/h3-9,12H,10-11,13H2,1-2H3,(H,24,27). The zero-order valence-corrected chi connectivity index (χ0v) is 16.8. The van der Waals surface area contributed by atoms with Gasteiger partial charge in [-0.3, -0.25) is 4.79 Å². The van der Waals surface area contributed by atoms with Gasteiger partial charge < -0.3 is 5.32 Å². The van der Waals surface area contributed by atoms with E-state index in [9.17, 15) is 4.79 Å². The Morgan fingerprint density at radius 1 is 1.07 bits per heavy atom. The van der Waals surface area contributed by atoms with Crippen molar-refractivity contribution in [1.29, 1.82) is 0 Å². The summed E-state index contributed by atoms with van der Waals surface area (Å²) in [7, 11) is 0. The first-order valence-corrected chi connectivity index (χ1v) is 9.50. The monoisotopic (exact) mass is 401 g/mol. The fraction of sp³-hybridized carbons (Fsp3) is 0.238. The minimum absolute atomic E-state index is 0.213. The molecule has 1 aromatic heterocycles. The summed E-state index contributed by atoms with van der Waals surface area (Å²) in [6.45, 7) is 4.86. The van der Waals surface area contributed by atoms with Crippen LogP contribution in [0.4, 0.5) is 0 Å². The number of nitrogens with zero attached hydrogens (tertiary/aromatic N) is 2. The van der Waals surface area contributed by atoms with Crippen LogP contribution in [0.15, 0.2) is 48.5 Å². The van der Waals surface area contributed by atoms with Gasteiger partial charge in [-0.05, 0) is 43.5 Å². The van der Waals surface area contributed by atoms with Gasteiger partial charge in [0.05, 0.1) is 17.8 Å². The largest absolute Gasteiger partial charge is 0.352 e. The highest BCUT2D eigenvalue weighted by atomic mass is 35.5. The van der Waals surface area contributed by atoms with E-state index < -0.39 is 0 Å². The van der Waals surface area contributed by atoms with Crippen LogP contribution in [0.25, 0.3) is 0 Å². The number of aromatic nitrogens is 2. The molecule has 0 saturated heterocycles. The average molecular weight is 402 g/mol. The molecule has 3 aromatic rings. The molecule has 4 nitrogen and oxygen atoms in total. The Labute approximate surface area is 169 Å².